The molecular formula is C6H14N6O4. The lowest BCUT2D eigenvalue weighted by Gasteiger charge is -2.32. The van der Waals surface area contributed by atoms with E-state index >= 15 is 0 Å². The predicted molar refractivity (Wildman–Crippen MR) is 52.7 cm³/mol. The summed E-state index contributed by atoms with van der Waals surface area (Å²) < 4.78 is 0. The van der Waals surface area contributed by atoms with Crippen LogP contribution < -0.4 is 0 Å². The van der Waals surface area contributed by atoms with E-state index in [4.69, 9.17) is 0 Å². The van der Waals surface area contributed by atoms with Gasteiger partial charge in [-0.1, -0.05) is 10.0 Å². The Labute approximate surface area is 91.8 Å². The molecule has 0 aromatic heterocycles. The van der Waals surface area contributed by atoms with Gasteiger partial charge in [-0.05, 0) is 14.1 Å². The van der Waals surface area contributed by atoms with Crippen molar-refractivity contribution >= 4 is 0 Å². The Hall–Kier alpha value is -1.68. The molecule has 0 aliphatic carbocycles. The molecule has 0 spiro atoms. The summed E-state index contributed by atoms with van der Waals surface area (Å²) in [6.45, 7) is 0.173. The van der Waals surface area contributed by atoms with Crippen LogP contribution in [0.2, 0.25) is 0 Å². The molecule has 0 aromatic rings. The van der Waals surface area contributed by atoms with E-state index in [-0.39, 0.29) is 20.0 Å². The van der Waals surface area contributed by atoms with Crippen LogP contribution in [0.3, 0.4) is 0 Å². The van der Waals surface area contributed by atoms with Crippen molar-refractivity contribution in [3.8, 4) is 0 Å². The number of nitro groups is 2. The average Bonchev–Trinajstić information content (AvgIpc) is 2.11. The van der Waals surface area contributed by atoms with Gasteiger partial charge in [-0.25, -0.2) is 20.2 Å². The highest BCUT2D eigenvalue weighted by Gasteiger charge is 2.29. The first kappa shape index (κ1) is 12.4. The van der Waals surface area contributed by atoms with E-state index in [2.05, 4.69) is 0 Å². The molecule has 1 aliphatic heterocycles. The van der Waals surface area contributed by atoms with Crippen molar-refractivity contribution in [2.75, 3.05) is 40.8 Å². The van der Waals surface area contributed by atoms with Gasteiger partial charge in [0.2, 0.25) is 6.67 Å². The predicted octanol–water partition coefficient (Wildman–Crippen LogP) is -1.32. The quantitative estimate of drug-likeness (QED) is 0.428. The standard InChI is InChI=1S/C6H14N6O4/c1-7-3-8(2)5-10(12(15)16)6-9(4-7)11(13)14/h3-6H2,1-2H3. The number of nitrogens with zero attached hydrogens (tertiary/aromatic N) is 6. The largest absolute Gasteiger partial charge is 0.271 e. The van der Waals surface area contributed by atoms with Crippen LogP contribution in [0, 0.1) is 20.2 Å². The number of hydrogen-bond donors (Lipinski definition) is 0. The third kappa shape index (κ3) is 3.17. The Morgan fingerprint density at radius 2 is 1.19 bits per heavy atom. The second-order valence-electron chi connectivity index (χ2n) is 3.77. The topological polar surface area (TPSA) is 99.2 Å². The van der Waals surface area contributed by atoms with Gasteiger partial charge in [0, 0.05) is 0 Å². The van der Waals surface area contributed by atoms with Gasteiger partial charge >= 0.3 is 0 Å². The van der Waals surface area contributed by atoms with Crippen LogP contribution in [-0.2, 0) is 0 Å². The minimum atomic E-state index is -0.627. The molecule has 10 heteroatoms. The molecule has 1 saturated heterocycles. The zero-order valence-electron chi connectivity index (χ0n) is 9.14. The Bertz CT molecular complexity index is 260. The molecule has 1 fully saturated rings. The van der Waals surface area contributed by atoms with Gasteiger partial charge in [-0.15, -0.1) is 0 Å². The summed E-state index contributed by atoms with van der Waals surface area (Å²) in [6.07, 6.45) is 0. The lowest BCUT2D eigenvalue weighted by Crippen LogP contribution is -2.55. The van der Waals surface area contributed by atoms with Crippen LogP contribution in [0.15, 0.2) is 0 Å². The Morgan fingerprint density at radius 1 is 0.812 bits per heavy atom. The molecule has 16 heavy (non-hydrogen) atoms. The van der Waals surface area contributed by atoms with Crippen LogP contribution in [0.4, 0.5) is 0 Å². The van der Waals surface area contributed by atoms with Crippen molar-refractivity contribution in [1.82, 2.24) is 19.8 Å². The molecule has 0 unspecified atom stereocenters. The van der Waals surface area contributed by atoms with Crippen LogP contribution in [0.5, 0.6) is 0 Å². The van der Waals surface area contributed by atoms with E-state index in [9.17, 15) is 20.2 Å². The Kier molecular flexibility index (Phi) is 3.79. The Morgan fingerprint density at radius 3 is 1.50 bits per heavy atom. The lowest BCUT2D eigenvalue weighted by molar-refractivity contribution is -0.718. The van der Waals surface area contributed by atoms with E-state index in [1.807, 2.05) is 0 Å². The van der Waals surface area contributed by atoms with Crippen molar-refractivity contribution in [2.24, 2.45) is 0 Å². The van der Waals surface area contributed by atoms with Gasteiger partial charge in [0.25, 0.3) is 0 Å². The summed E-state index contributed by atoms with van der Waals surface area (Å²) in [7, 11) is 3.43. The average molecular weight is 234 g/mol. The van der Waals surface area contributed by atoms with E-state index in [1.54, 1.807) is 23.9 Å². The zero-order chi connectivity index (χ0) is 12.3. The van der Waals surface area contributed by atoms with Crippen molar-refractivity contribution in [2.45, 2.75) is 0 Å². The van der Waals surface area contributed by atoms with Gasteiger partial charge in [0.05, 0.1) is 6.67 Å². The molecular weight excluding hydrogens is 220 g/mol. The molecule has 0 atom stereocenters. The zero-order valence-corrected chi connectivity index (χ0v) is 9.14. The molecule has 1 rings (SSSR count). The van der Waals surface area contributed by atoms with Crippen molar-refractivity contribution in [3.63, 3.8) is 0 Å². The third-order valence-electron chi connectivity index (χ3n) is 2.08. The van der Waals surface area contributed by atoms with Crippen LogP contribution >= 0.6 is 0 Å². The first-order chi connectivity index (χ1) is 7.40. The monoisotopic (exact) mass is 234 g/mol. The molecule has 0 bridgehead atoms. The Balaban J connectivity index is 2.76. The summed E-state index contributed by atoms with van der Waals surface area (Å²) in [5.74, 6) is 0. The maximum atomic E-state index is 10.7. The lowest BCUT2D eigenvalue weighted by atomic mass is 10.6. The highest BCUT2D eigenvalue weighted by atomic mass is 16.7. The highest BCUT2D eigenvalue weighted by Crippen LogP contribution is 2.03. The molecule has 0 aromatic carbocycles. The van der Waals surface area contributed by atoms with Crippen LogP contribution in [0.25, 0.3) is 0 Å². The number of hydrogen-bond acceptors (Lipinski definition) is 6. The first-order valence-electron chi connectivity index (χ1n) is 4.55. The molecule has 10 nitrogen and oxygen atoms in total. The molecule has 0 amide bonds. The maximum absolute atomic E-state index is 10.7. The SMILES string of the molecule is CN1CN(C)CN([N+](=O)[O-])CN([N+](=O)[O-])C1. The van der Waals surface area contributed by atoms with Crippen LogP contribution in [0.1, 0.15) is 0 Å². The van der Waals surface area contributed by atoms with Crippen molar-refractivity contribution in [1.29, 1.82) is 0 Å². The summed E-state index contributed by atoms with van der Waals surface area (Å²) in [5, 5.41) is 21.7. The fraction of sp³-hybridized carbons (Fsp3) is 1.00. The summed E-state index contributed by atoms with van der Waals surface area (Å²) in [5.41, 5.74) is 0. The molecule has 0 radical (unpaired) electrons. The second-order valence-corrected chi connectivity index (χ2v) is 3.77. The van der Waals surface area contributed by atoms with Crippen molar-refractivity contribution in [3.05, 3.63) is 20.2 Å². The molecule has 0 saturated carbocycles. The van der Waals surface area contributed by atoms with Gasteiger partial charge in [-0.3, -0.25) is 9.80 Å². The van der Waals surface area contributed by atoms with E-state index in [0.29, 0.717) is 6.67 Å². The summed E-state index contributed by atoms with van der Waals surface area (Å²) in [6, 6.07) is 0. The fourth-order valence-electron chi connectivity index (χ4n) is 1.54. The molecule has 1 heterocycles. The highest BCUT2D eigenvalue weighted by molar-refractivity contribution is 4.55. The summed E-state index contributed by atoms with van der Waals surface area (Å²) in [4.78, 5) is 24.7. The molecule has 1 aliphatic rings. The summed E-state index contributed by atoms with van der Waals surface area (Å²) >= 11 is 0. The van der Waals surface area contributed by atoms with E-state index in [1.165, 1.54) is 0 Å². The third-order valence-corrected chi connectivity index (χ3v) is 2.08. The van der Waals surface area contributed by atoms with Gasteiger partial charge in [0.1, 0.15) is 13.3 Å². The normalized spacial score (nSPS) is 20.4. The van der Waals surface area contributed by atoms with Gasteiger partial charge in [0.15, 0.2) is 10.1 Å². The second kappa shape index (κ2) is 4.90. The minimum absolute atomic E-state index is 0.0433. The minimum Gasteiger partial charge on any atom is -0.271 e. The maximum Gasteiger partial charge on any atom is 0.210 e. The van der Waals surface area contributed by atoms with E-state index < -0.39 is 10.1 Å². The molecule has 0 N–H and O–H groups in total. The van der Waals surface area contributed by atoms with Crippen LogP contribution in [-0.4, -0.2) is 70.7 Å². The smallest absolute Gasteiger partial charge is 0.210 e. The van der Waals surface area contributed by atoms with Gasteiger partial charge < -0.3 is 0 Å². The number of hydrazine groups is 2. The van der Waals surface area contributed by atoms with E-state index in [0.717, 1.165) is 10.0 Å². The van der Waals surface area contributed by atoms with Gasteiger partial charge in [-0.2, -0.15) is 0 Å². The molecule has 92 valence electrons. The van der Waals surface area contributed by atoms with Crippen molar-refractivity contribution < 1.29 is 10.1 Å². The fourth-order valence-corrected chi connectivity index (χ4v) is 1.54. The number of rotatable bonds is 2. The first-order valence-corrected chi connectivity index (χ1v) is 4.55.